The number of ether oxygens (including phenoxy) is 1. The number of H-pyrrole nitrogens is 1. The second-order valence-corrected chi connectivity index (χ2v) is 8.29. The number of rotatable bonds is 7. The van der Waals surface area contributed by atoms with Crippen molar-refractivity contribution in [2.24, 2.45) is 0 Å². The van der Waals surface area contributed by atoms with Crippen LogP contribution in [0.3, 0.4) is 0 Å². The molecule has 2 heterocycles. The van der Waals surface area contributed by atoms with Gasteiger partial charge in [0.05, 0.1) is 18.3 Å². The number of para-hydroxylation sites is 1. The lowest BCUT2D eigenvalue weighted by atomic mass is 9.80. The van der Waals surface area contributed by atoms with E-state index < -0.39 is 0 Å². The van der Waals surface area contributed by atoms with Crippen molar-refractivity contribution in [1.82, 2.24) is 30.5 Å². The van der Waals surface area contributed by atoms with Crippen molar-refractivity contribution in [2.45, 2.75) is 44.1 Å². The van der Waals surface area contributed by atoms with Gasteiger partial charge in [-0.15, -0.1) is 5.10 Å². The number of nitrogens with one attached hydrogen (secondary N) is 2. The quantitative estimate of drug-likeness (QED) is 0.473. The fourth-order valence-corrected chi connectivity index (χ4v) is 4.79. The van der Waals surface area contributed by atoms with Gasteiger partial charge in [-0.05, 0) is 65.6 Å². The third-order valence-corrected chi connectivity index (χ3v) is 6.45. The topological polar surface area (TPSA) is 80.7 Å². The Labute approximate surface area is 181 Å². The van der Waals surface area contributed by atoms with E-state index >= 15 is 0 Å². The molecule has 2 aromatic heterocycles. The summed E-state index contributed by atoms with van der Waals surface area (Å²) in [4.78, 5) is 3.38. The van der Waals surface area contributed by atoms with Crippen molar-refractivity contribution in [3.05, 3.63) is 66.1 Å². The zero-order valence-electron chi connectivity index (χ0n) is 17.8. The predicted octanol–water partition coefficient (Wildman–Crippen LogP) is 4.14. The number of benzene rings is 2. The van der Waals surface area contributed by atoms with E-state index in [2.05, 4.69) is 56.3 Å². The third kappa shape index (κ3) is 3.81. The van der Waals surface area contributed by atoms with Gasteiger partial charge in [0.15, 0.2) is 5.82 Å². The number of aromatic amines is 1. The SMILES string of the molecule is COc1ccc(-n2nnnc2C2(NCCc3c[nH]c4ccccc34)CCCCC2)cc1. The maximum atomic E-state index is 5.30. The van der Waals surface area contributed by atoms with Crippen molar-refractivity contribution < 1.29 is 4.74 Å². The summed E-state index contributed by atoms with van der Waals surface area (Å²) in [7, 11) is 1.67. The molecule has 7 nitrogen and oxygen atoms in total. The number of tetrazole rings is 1. The van der Waals surface area contributed by atoms with Gasteiger partial charge >= 0.3 is 0 Å². The minimum Gasteiger partial charge on any atom is -0.497 e. The highest BCUT2D eigenvalue weighted by Crippen LogP contribution is 2.36. The molecule has 2 aromatic carbocycles. The smallest absolute Gasteiger partial charge is 0.176 e. The van der Waals surface area contributed by atoms with Gasteiger partial charge in [0, 0.05) is 23.6 Å². The van der Waals surface area contributed by atoms with Crippen LogP contribution in [0.4, 0.5) is 0 Å². The Kier molecular flexibility index (Phi) is 5.42. The van der Waals surface area contributed by atoms with Crippen molar-refractivity contribution in [3.63, 3.8) is 0 Å². The first-order valence-electron chi connectivity index (χ1n) is 11.0. The van der Waals surface area contributed by atoms with Gasteiger partial charge in [-0.3, -0.25) is 0 Å². The molecule has 0 aliphatic heterocycles. The molecular weight excluding hydrogens is 388 g/mol. The van der Waals surface area contributed by atoms with E-state index in [1.807, 2.05) is 28.9 Å². The summed E-state index contributed by atoms with van der Waals surface area (Å²) >= 11 is 0. The Morgan fingerprint density at radius 2 is 1.87 bits per heavy atom. The summed E-state index contributed by atoms with van der Waals surface area (Å²) in [5.74, 6) is 1.72. The van der Waals surface area contributed by atoms with Gasteiger partial charge in [0.2, 0.25) is 0 Å². The second kappa shape index (κ2) is 8.51. The Balaban J connectivity index is 1.40. The van der Waals surface area contributed by atoms with Crippen molar-refractivity contribution >= 4 is 10.9 Å². The molecule has 5 rings (SSSR count). The summed E-state index contributed by atoms with van der Waals surface area (Å²) in [6.07, 6.45) is 8.77. The fraction of sp³-hybridized carbons (Fsp3) is 0.375. The maximum absolute atomic E-state index is 5.30. The molecule has 7 heteroatoms. The first kappa shape index (κ1) is 19.8. The van der Waals surface area contributed by atoms with E-state index in [0.29, 0.717) is 0 Å². The predicted molar refractivity (Wildman–Crippen MR) is 120 cm³/mol. The zero-order valence-corrected chi connectivity index (χ0v) is 17.8. The van der Waals surface area contributed by atoms with Crippen LogP contribution in [-0.4, -0.2) is 38.8 Å². The Morgan fingerprint density at radius 1 is 1.06 bits per heavy atom. The number of hydrogen-bond donors (Lipinski definition) is 2. The maximum Gasteiger partial charge on any atom is 0.176 e. The van der Waals surface area contributed by atoms with Crippen LogP contribution in [0, 0.1) is 0 Å². The first-order chi connectivity index (χ1) is 15.3. The van der Waals surface area contributed by atoms with Crippen molar-refractivity contribution in [3.8, 4) is 11.4 Å². The van der Waals surface area contributed by atoms with E-state index in [1.165, 1.54) is 35.7 Å². The lowest BCUT2D eigenvalue weighted by Gasteiger charge is -2.37. The van der Waals surface area contributed by atoms with Crippen molar-refractivity contribution in [2.75, 3.05) is 13.7 Å². The Morgan fingerprint density at radius 3 is 2.68 bits per heavy atom. The van der Waals surface area contributed by atoms with E-state index in [1.54, 1.807) is 7.11 Å². The molecule has 1 saturated carbocycles. The normalized spacial score (nSPS) is 15.9. The summed E-state index contributed by atoms with van der Waals surface area (Å²) in [6.45, 7) is 0.872. The third-order valence-electron chi connectivity index (χ3n) is 6.45. The number of methoxy groups -OCH3 is 1. The lowest BCUT2D eigenvalue weighted by Crippen LogP contribution is -2.47. The largest absolute Gasteiger partial charge is 0.497 e. The minimum atomic E-state index is -0.214. The molecule has 31 heavy (non-hydrogen) atoms. The molecule has 2 N–H and O–H groups in total. The van der Waals surface area contributed by atoms with Crippen LogP contribution < -0.4 is 10.1 Å². The van der Waals surface area contributed by atoms with Crippen LogP contribution in [0.2, 0.25) is 0 Å². The molecule has 0 spiro atoms. The lowest BCUT2D eigenvalue weighted by molar-refractivity contribution is 0.217. The van der Waals surface area contributed by atoms with Gasteiger partial charge in [0.25, 0.3) is 0 Å². The summed E-state index contributed by atoms with van der Waals surface area (Å²) in [5, 5.41) is 18.0. The highest BCUT2D eigenvalue weighted by molar-refractivity contribution is 5.83. The zero-order chi connectivity index (χ0) is 21.1. The van der Waals surface area contributed by atoms with Crippen LogP contribution in [0.5, 0.6) is 5.75 Å². The molecular formula is C24H28N6O. The van der Waals surface area contributed by atoms with Gasteiger partial charge in [0.1, 0.15) is 5.75 Å². The standard InChI is InChI=1S/C24H28N6O/c1-31-20-11-9-19(10-12-20)30-23(27-28-29-30)24(14-5-2-6-15-24)26-16-13-18-17-25-22-8-4-3-7-21(18)22/h3-4,7-12,17,25-26H,2,5-6,13-16H2,1H3. The Bertz CT molecular complexity index is 1140. The van der Waals surface area contributed by atoms with Crippen molar-refractivity contribution in [1.29, 1.82) is 0 Å². The van der Waals surface area contributed by atoms with E-state index in [-0.39, 0.29) is 5.54 Å². The monoisotopic (exact) mass is 416 g/mol. The molecule has 0 unspecified atom stereocenters. The molecule has 160 valence electrons. The van der Waals surface area contributed by atoms with Crippen LogP contribution in [0.1, 0.15) is 43.5 Å². The highest BCUT2D eigenvalue weighted by Gasteiger charge is 2.38. The molecule has 1 fully saturated rings. The minimum absolute atomic E-state index is 0.214. The summed E-state index contributed by atoms with van der Waals surface area (Å²) in [6, 6.07) is 16.4. The van der Waals surface area contributed by atoms with E-state index in [0.717, 1.165) is 43.1 Å². The molecule has 1 aliphatic carbocycles. The molecule has 0 saturated heterocycles. The molecule has 4 aromatic rings. The Hall–Kier alpha value is -3.19. The number of fused-ring (bicyclic) bond motifs is 1. The van der Waals surface area contributed by atoms with Gasteiger partial charge in [-0.2, -0.15) is 4.68 Å². The molecule has 1 aliphatic rings. The molecule has 0 radical (unpaired) electrons. The summed E-state index contributed by atoms with van der Waals surface area (Å²) in [5.41, 5.74) is 3.26. The van der Waals surface area contributed by atoms with Crippen LogP contribution >= 0.6 is 0 Å². The summed E-state index contributed by atoms with van der Waals surface area (Å²) < 4.78 is 7.17. The van der Waals surface area contributed by atoms with Gasteiger partial charge < -0.3 is 15.0 Å². The number of aromatic nitrogens is 5. The van der Waals surface area contributed by atoms with Crippen LogP contribution in [-0.2, 0) is 12.0 Å². The highest BCUT2D eigenvalue weighted by atomic mass is 16.5. The molecule has 0 atom stereocenters. The first-order valence-corrected chi connectivity index (χ1v) is 11.0. The average molecular weight is 417 g/mol. The van der Waals surface area contributed by atoms with Crippen LogP contribution in [0.15, 0.2) is 54.7 Å². The average Bonchev–Trinajstić information content (AvgIpc) is 3.48. The molecule has 0 bridgehead atoms. The second-order valence-electron chi connectivity index (χ2n) is 8.29. The van der Waals surface area contributed by atoms with E-state index in [4.69, 9.17) is 4.74 Å². The van der Waals surface area contributed by atoms with Gasteiger partial charge in [-0.25, -0.2) is 0 Å². The fourth-order valence-electron chi connectivity index (χ4n) is 4.79. The van der Waals surface area contributed by atoms with E-state index in [9.17, 15) is 0 Å². The van der Waals surface area contributed by atoms with Crippen LogP contribution in [0.25, 0.3) is 16.6 Å². The number of nitrogens with zero attached hydrogens (tertiary/aromatic N) is 4. The molecule has 0 amide bonds. The number of hydrogen-bond acceptors (Lipinski definition) is 5. The van der Waals surface area contributed by atoms with Gasteiger partial charge in [-0.1, -0.05) is 37.5 Å².